The van der Waals surface area contributed by atoms with Crippen molar-refractivity contribution in [2.45, 2.75) is 44.9 Å². The lowest BCUT2D eigenvalue weighted by molar-refractivity contribution is -0.141. The van der Waals surface area contributed by atoms with E-state index in [1.165, 1.54) is 38.5 Å². The van der Waals surface area contributed by atoms with E-state index in [1.54, 1.807) is 0 Å². The number of rotatable bonds is 6. The van der Waals surface area contributed by atoms with Crippen LogP contribution in [0.2, 0.25) is 0 Å². The smallest absolute Gasteiger partial charge is 0.311 e. The number of hydrogen-bond acceptors (Lipinski definition) is 2. The first-order valence-electron chi connectivity index (χ1n) is 14.0. The van der Waals surface area contributed by atoms with Gasteiger partial charge in [0, 0.05) is 12.5 Å². The van der Waals surface area contributed by atoms with E-state index in [0.29, 0.717) is 6.42 Å². The lowest BCUT2D eigenvalue weighted by atomic mass is 9.49. The molecule has 2 N–H and O–H groups in total. The van der Waals surface area contributed by atoms with Crippen molar-refractivity contribution in [1.29, 1.82) is 0 Å². The molecule has 3 atom stereocenters. The second-order valence-corrected chi connectivity index (χ2v) is 12.6. The molecule has 6 aliphatic rings. The Morgan fingerprint density at radius 2 is 1.38 bits per heavy atom. The maximum absolute atomic E-state index is 13.8. The standard InChI is InChI=1S/C33H35NO3/c35-31(34-19-33-16-20-11-21(17-33)13-22(12-20)18-33)29-25-14-26(30(29)27(15-25)32(36)37)28(23-7-3-1-4-8-23)24-9-5-2-6-10-24/h1-10,15,20-22,27,29-30H,11-14,16-19H2,(H,34,35)(H,36,37)/t20?,21?,22?,27-,29-,30?,33?/m1/s1. The Morgan fingerprint density at radius 1 is 0.838 bits per heavy atom. The van der Waals surface area contributed by atoms with Crippen molar-refractivity contribution in [1.82, 2.24) is 5.32 Å². The van der Waals surface area contributed by atoms with Gasteiger partial charge in [-0.25, -0.2) is 0 Å². The Hall–Kier alpha value is -3.14. The summed E-state index contributed by atoms with van der Waals surface area (Å²) >= 11 is 0. The molecule has 4 heteroatoms. The van der Waals surface area contributed by atoms with Crippen molar-refractivity contribution in [2.24, 2.45) is 40.9 Å². The normalized spacial score (nSPS) is 34.9. The molecule has 6 aliphatic carbocycles. The minimum Gasteiger partial charge on any atom is -0.481 e. The van der Waals surface area contributed by atoms with Crippen molar-refractivity contribution >= 4 is 17.4 Å². The fourth-order valence-electron chi connectivity index (χ4n) is 9.25. The van der Waals surface area contributed by atoms with Crippen LogP contribution in [0.4, 0.5) is 0 Å². The first-order valence-corrected chi connectivity index (χ1v) is 14.0. The third-order valence-electron chi connectivity index (χ3n) is 10.2. The highest BCUT2D eigenvalue weighted by atomic mass is 16.4. The molecule has 0 aliphatic heterocycles. The molecular formula is C33H35NO3. The molecule has 5 fully saturated rings. The number of carboxylic acid groups (broad SMARTS) is 1. The minimum atomic E-state index is -0.837. The van der Waals surface area contributed by atoms with Gasteiger partial charge in [-0.3, -0.25) is 9.59 Å². The van der Waals surface area contributed by atoms with Gasteiger partial charge in [0.1, 0.15) is 0 Å². The minimum absolute atomic E-state index is 0.0335. The Labute approximate surface area is 218 Å². The molecule has 4 nitrogen and oxygen atoms in total. The number of carboxylic acids is 1. The number of allylic oxidation sites excluding steroid dienone is 1. The summed E-state index contributed by atoms with van der Waals surface area (Å²) in [5, 5.41) is 13.5. The van der Waals surface area contributed by atoms with Crippen LogP contribution >= 0.6 is 0 Å². The predicted octanol–water partition coefficient (Wildman–Crippen LogP) is 6.10. The molecule has 2 aromatic carbocycles. The Bertz CT molecular complexity index is 1210. The van der Waals surface area contributed by atoms with Crippen LogP contribution in [0.1, 0.15) is 56.1 Å². The largest absolute Gasteiger partial charge is 0.481 e. The number of hydrogen-bond donors (Lipinski definition) is 2. The summed E-state index contributed by atoms with van der Waals surface area (Å²) in [6.07, 6.45) is 10.5. The number of nitrogens with one attached hydrogen (secondary N) is 1. The molecule has 0 radical (unpaired) electrons. The number of aliphatic carboxylic acids is 1. The SMILES string of the molecule is O=C(NCC12CC3CC(CC(C3)C1)C2)[C@@H]1C2=C[C@@H](C(=O)O)C1C(=C(c1ccccc1)c1ccccc1)C2. The van der Waals surface area contributed by atoms with Crippen LogP contribution in [0.15, 0.2) is 77.9 Å². The van der Waals surface area contributed by atoms with Gasteiger partial charge in [-0.1, -0.05) is 77.9 Å². The van der Waals surface area contributed by atoms with Crippen LogP contribution in [-0.2, 0) is 9.59 Å². The lowest BCUT2D eigenvalue weighted by Gasteiger charge is -2.57. The van der Waals surface area contributed by atoms with Gasteiger partial charge in [-0.05, 0) is 84.8 Å². The van der Waals surface area contributed by atoms with E-state index < -0.39 is 11.9 Å². The predicted molar refractivity (Wildman–Crippen MR) is 143 cm³/mol. The van der Waals surface area contributed by atoms with Crippen LogP contribution in [0, 0.1) is 40.9 Å². The summed E-state index contributed by atoms with van der Waals surface area (Å²) in [5.41, 5.74) is 5.58. The molecule has 6 bridgehead atoms. The molecule has 0 aromatic heterocycles. The van der Waals surface area contributed by atoms with E-state index in [0.717, 1.165) is 52.1 Å². The van der Waals surface area contributed by atoms with E-state index in [-0.39, 0.29) is 23.2 Å². The van der Waals surface area contributed by atoms with Crippen LogP contribution in [-0.4, -0.2) is 23.5 Å². The van der Waals surface area contributed by atoms with E-state index in [4.69, 9.17) is 0 Å². The fourth-order valence-corrected chi connectivity index (χ4v) is 9.25. The summed E-state index contributed by atoms with van der Waals surface area (Å²) < 4.78 is 0. The molecule has 37 heavy (non-hydrogen) atoms. The first-order chi connectivity index (χ1) is 18.0. The Kier molecular flexibility index (Phi) is 5.42. The van der Waals surface area contributed by atoms with Crippen molar-refractivity contribution in [2.75, 3.05) is 6.54 Å². The van der Waals surface area contributed by atoms with Crippen molar-refractivity contribution in [3.8, 4) is 0 Å². The van der Waals surface area contributed by atoms with E-state index in [1.807, 2.05) is 42.5 Å². The lowest BCUT2D eigenvalue weighted by Crippen LogP contribution is -2.52. The fraction of sp³-hybridized carbons (Fsp3) is 0.455. The maximum atomic E-state index is 13.8. The van der Waals surface area contributed by atoms with Gasteiger partial charge in [0.2, 0.25) is 5.91 Å². The number of benzene rings is 2. The zero-order valence-corrected chi connectivity index (χ0v) is 21.2. The van der Waals surface area contributed by atoms with Gasteiger partial charge in [-0.2, -0.15) is 0 Å². The highest BCUT2D eigenvalue weighted by molar-refractivity contribution is 5.92. The van der Waals surface area contributed by atoms with Crippen LogP contribution in [0.25, 0.3) is 5.57 Å². The van der Waals surface area contributed by atoms with Crippen molar-refractivity contribution < 1.29 is 14.7 Å². The maximum Gasteiger partial charge on any atom is 0.311 e. The zero-order chi connectivity index (χ0) is 25.1. The summed E-state index contributed by atoms with van der Waals surface area (Å²) in [5.74, 6) is 0.363. The van der Waals surface area contributed by atoms with Gasteiger partial charge >= 0.3 is 5.97 Å². The Morgan fingerprint density at radius 3 is 1.89 bits per heavy atom. The number of fused-ring (bicyclic) bond motifs is 2. The second-order valence-electron chi connectivity index (χ2n) is 12.6. The average Bonchev–Trinajstić information content (AvgIpc) is 3.44. The molecule has 1 unspecified atom stereocenters. The summed E-state index contributed by atoms with van der Waals surface area (Å²) in [7, 11) is 0. The molecule has 8 rings (SSSR count). The number of carbonyl (C=O) groups is 2. The molecule has 190 valence electrons. The molecule has 0 heterocycles. The highest BCUT2D eigenvalue weighted by Crippen LogP contribution is 2.60. The second kappa shape index (κ2) is 8.72. The molecule has 2 aromatic rings. The molecular weight excluding hydrogens is 458 g/mol. The van der Waals surface area contributed by atoms with Crippen molar-refractivity contribution in [3.05, 3.63) is 89.0 Å². The summed E-state index contributed by atoms with van der Waals surface area (Å²) in [6.45, 7) is 0.757. The average molecular weight is 494 g/mol. The zero-order valence-electron chi connectivity index (χ0n) is 21.2. The quantitative estimate of drug-likeness (QED) is 0.478. The van der Waals surface area contributed by atoms with Gasteiger partial charge in [0.15, 0.2) is 0 Å². The summed E-state index contributed by atoms with van der Waals surface area (Å²) in [4.78, 5) is 26.2. The topological polar surface area (TPSA) is 66.4 Å². The third kappa shape index (κ3) is 3.88. The van der Waals surface area contributed by atoms with E-state index in [2.05, 4.69) is 29.6 Å². The summed E-state index contributed by atoms with van der Waals surface area (Å²) in [6, 6.07) is 20.5. The number of carbonyl (C=O) groups excluding carboxylic acids is 1. The van der Waals surface area contributed by atoms with Crippen LogP contribution in [0.3, 0.4) is 0 Å². The highest BCUT2D eigenvalue weighted by Gasteiger charge is 2.54. The molecule has 0 spiro atoms. The first kappa shape index (κ1) is 23.0. The molecule has 5 saturated carbocycles. The molecule has 1 amide bonds. The molecule has 0 saturated heterocycles. The van der Waals surface area contributed by atoms with Gasteiger partial charge in [0.05, 0.1) is 11.8 Å². The van der Waals surface area contributed by atoms with E-state index in [9.17, 15) is 14.7 Å². The monoisotopic (exact) mass is 493 g/mol. The number of amides is 1. The van der Waals surface area contributed by atoms with Crippen LogP contribution in [0.5, 0.6) is 0 Å². The van der Waals surface area contributed by atoms with E-state index >= 15 is 0 Å². The van der Waals surface area contributed by atoms with Gasteiger partial charge in [-0.15, -0.1) is 0 Å². The van der Waals surface area contributed by atoms with Crippen LogP contribution < -0.4 is 5.32 Å². The van der Waals surface area contributed by atoms with Crippen molar-refractivity contribution in [3.63, 3.8) is 0 Å². The Balaban J connectivity index is 1.21. The van der Waals surface area contributed by atoms with Gasteiger partial charge < -0.3 is 10.4 Å². The third-order valence-corrected chi connectivity index (χ3v) is 10.2. The van der Waals surface area contributed by atoms with Gasteiger partial charge in [0.25, 0.3) is 0 Å².